The average molecular weight is 831 g/mol. The second kappa shape index (κ2) is 20.9. The van der Waals surface area contributed by atoms with Crippen molar-refractivity contribution in [1.82, 2.24) is 10.2 Å². The van der Waals surface area contributed by atoms with Gasteiger partial charge in [-0.05, 0) is 84.5 Å². The minimum atomic E-state index is -1.53. The van der Waals surface area contributed by atoms with Gasteiger partial charge in [0.15, 0.2) is 0 Å². The first-order chi connectivity index (χ1) is 27.4. The van der Waals surface area contributed by atoms with Crippen molar-refractivity contribution in [2.24, 2.45) is 0 Å². The Kier molecular flexibility index (Phi) is 16.3. The maximum absolute atomic E-state index is 13.7. The predicted octanol–water partition coefficient (Wildman–Crippen LogP) is 9.26. The fraction of sp³-hybridized carbons (Fsp3) is 0.378. The Morgan fingerprint density at radius 1 is 0.759 bits per heavy atom. The lowest BCUT2D eigenvalue weighted by atomic mass is 9.95. The van der Waals surface area contributed by atoms with Crippen LogP contribution in [-0.4, -0.2) is 75.5 Å². The van der Waals surface area contributed by atoms with Crippen molar-refractivity contribution in [2.75, 3.05) is 20.8 Å². The van der Waals surface area contributed by atoms with Crippen molar-refractivity contribution in [3.05, 3.63) is 124 Å². The molecule has 310 valence electrons. The molecule has 0 saturated heterocycles. The molecule has 0 aromatic heterocycles. The molecule has 0 bridgehead atoms. The minimum absolute atomic E-state index is 0.0221. The molecule has 2 atom stereocenters. The first-order valence-corrected chi connectivity index (χ1v) is 23.3. The lowest BCUT2D eigenvalue weighted by Crippen LogP contribution is -2.46. The van der Waals surface area contributed by atoms with E-state index in [1.165, 1.54) is 19.1 Å². The summed E-state index contributed by atoms with van der Waals surface area (Å²) in [7, 11) is 1.20. The summed E-state index contributed by atoms with van der Waals surface area (Å²) >= 11 is 6.70. The molecule has 1 N–H and O–H groups in total. The third-order valence-electron chi connectivity index (χ3n) is 9.02. The van der Waals surface area contributed by atoms with Gasteiger partial charge in [-0.15, -0.1) is 0 Å². The monoisotopic (exact) mass is 830 g/mol. The number of benzene rings is 4. The van der Waals surface area contributed by atoms with E-state index in [1.54, 1.807) is 26.8 Å². The Hall–Kier alpha value is -5.33. The summed E-state index contributed by atoms with van der Waals surface area (Å²) in [5.41, 5.74) is 3.66. The molecule has 0 unspecified atom stereocenters. The summed E-state index contributed by atoms with van der Waals surface area (Å²) < 4.78 is 28.2. The second-order valence-corrected chi connectivity index (χ2v) is 22.2. The number of hydrogen-bond acceptors (Lipinski definition) is 9. The Morgan fingerprint density at radius 2 is 1.34 bits per heavy atom. The van der Waals surface area contributed by atoms with Gasteiger partial charge in [0.05, 0.1) is 13.7 Å². The standard InChI is InChI=1S/C45H55ClN2O9Si/c1-45(2,3)57-44(52)48(4)39(42(50)53-5)28-35-25-33(19-21-37(35)46)34-20-22-40(55-29-31-15-11-9-12-16-31)36(26-34)27-38(41(49)54-23-24-58(6,7)8)47-43(51)56-30-32-17-13-10-14-18-32/h9-22,25-26,38-39H,23-24,27-30H2,1-8H3,(H,47,51)/t38-,39-/m0/s1. The highest BCUT2D eigenvalue weighted by molar-refractivity contribution is 6.76. The molecule has 4 aromatic carbocycles. The number of methoxy groups -OCH3 is 1. The maximum atomic E-state index is 13.7. The summed E-state index contributed by atoms with van der Waals surface area (Å²) in [4.78, 5) is 54.1. The van der Waals surface area contributed by atoms with Gasteiger partial charge in [0, 0.05) is 33.0 Å². The molecular formula is C45H55ClN2O9Si. The number of carbonyl (C=O) groups excluding carboxylic acids is 4. The number of rotatable bonds is 17. The summed E-state index contributed by atoms with van der Waals surface area (Å²) in [6.07, 6.45) is -1.38. The molecule has 13 heteroatoms. The number of likely N-dealkylation sites (N-methyl/N-ethyl adjacent to an activating group) is 1. The van der Waals surface area contributed by atoms with E-state index >= 15 is 0 Å². The van der Waals surface area contributed by atoms with Crippen LogP contribution in [0.25, 0.3) is 11.1 Å². The van der Waals surface area contributed by atoms with Gasteiger partial charge in [0.1, 0.15) is 36.6 Å². The van der Waals surface area contributed by atoms with Crippen molar-refractivity contribution in [1.29, 1.82) is 0 Å². The van der Waals surface area contributed by atoms with Gasteiger partial charge < -0.3 is 29.0 Å². The highest BCUT2D eigenvalue weighted by Crippen LogP contribution is 2.32. The Morgan fingerprint density at radius 3 is 1.93 bits per heavy atom. The summed E-state index contributed by atoms with van der Waals surface area (Å²) in [5.74, 6) is -0.716. The fourth-order valence-corrected chi connectivity index (χ4v) is 6.68. The van der Waals surface area contributed by atoms with Crippen LogP contribution < -0.4 is 10.1 Å². The van der Waals surface area contributed by atoms with Crippen LogP contribution in [0.5, 0.6) is 5.75 Å². The maximum Gasteiger partial charge on any atom is 0.410 e. The zero-order valence-electron chi connectivity index (χ0n) is 34.6. The van der Waals surface area contributed by atoms with Crippen LogP contribution in [-0.2, 0) is 54.6 Å². The van der Waals surface area contributed by atoms with Crippen LogP contribution in [0.2, 0.25) is 30.7 Å². The van der Waals surface area contributed by atoms with E-state index in [2.05, 4.69) is 25.0 Å². The Bertz CT molecular complexity index is 2000. The van der Waals surface area contributed by atoms with E-state index in [9.17, 15) is 19.2 Å². The number of nitrogens with one attached hydrogen (secondary N) is 1. The van der Waals surface area contributed by atoms with Crippen molar-refractivity contribution in [2.45, 2.75) is 90.2 Å². The van der Waals surface area contributed by atoms with Gasteiger partial charge in [-0.1, -0.05) is 104 Å². The zero-order chi connectivity index (χ0) is 42.5. The molecule has 0 heterocycles. The van der Waals surface area contributed by atoms with Gasteiger partial charge >= 0.3 is 24.1 Å². The van der Waals surface area contributed by atoms with Crippen LogP contribution in [0.3, 0.4) is 0 Å². The number of alkyl carbamates (subject to hydrolysis) is 1. The molecule has 0 aliphatic heterocycles. The van der Waals surface area contributed by atoms with Crippen molar-refractivity contribution >= 4 is 43.8 Å². The normalized spacial score (nSPS) is 12.4. The largest absolute Gasteiger partial charge is 0.489 e. The second-order valence-electron chi connectivity index (χ2n) is 16.2. The van der Waals surface area contributed by atoms with Crippen LogP contribution >= 0.6 is 11.6 Å². The lowest BCUT2D eigenvalue weighted by molar-refractivity contribution is -0.146. The number of carbonyl (C=O) groups is 4. The molecule has 58 heavy (non-hydrogen) atoms. The smallest absolute Gasteiger partial charge is 0.410 e. The van der Waals surface area contributed by atoms with Crippen molar-refractivity contribution < 1.29 is 42.9 Å². The van der Waals surface area contributed by atoms with Crippen LogP contribution in [0, 0.1) is 0 Å². The first-order valence-electron chi connectivity index (χ1n) is 19.2. The number of hydrogen-bond donors (Lipinski definition) is 1. The number of esters is 2. The first kappa shape index (κ1) is 45.4. The number of halogens is 1. The quantitative estimate of drug-likeness (QED) is 0.0629. The third-order valence-corrected chi connectivity index (χ3v) is 11.1. The Balaban J connectivity index is 1.69. The van der Waals surface area contributed by atoms with E-state index in [1.807, 2.05) is 91.0 Å². The highest BCUT2D eigenvalue weighted by atomic mass is 35.5. The molecule has 0 spiro atoms. The van der Waals surface area contributed by atoms with Gasteiger partial charge in [0.2, 0.25) is 0 Å². The van der Waals surface area contributed by atoms with E-state index in [4.69, 9.17) is 35.3 Å². The summed E-state index contributed by atoms with van der Waals surface area (Å²) in [6, 6.07) is 28.5. The fourth-order valence-electron chi connectivity index (χ4n) is 5.77. The van der Waals surface area contributed by atoms with E-state index in [-0.39, 0.29) is 32.7 Å². The molecule has 11 nitrogen and oxygen atoms in total. The third kappa shape index (κ3) is 14.6. The van der Waals surface area contributed by atoms with Crippen molar-refractivity contribution in [3.63, 3.8) is 0 Å². The zero-order valence-corrected chi connectivity index (χ0v) is 36.4. The van der Waals surface area contributed by atoms with Gasteiger partial charge in [-0.2, -0.15) is 0 Å². The highest BCUT2D eigenvalue weighted by Gasteiger charge is 2.32. The molecule has 4 rings (SSSR count). The summed E-state index contributed by atoms with van der Waals surface area (Å²) in [5, 5.41) is 3.13. The van der Waals surface area contributed by atoms with Crippen LogP contribution in [0.4, 0.5) is 9.59 Å². The molecule has 2 amide bonds. The number of amides is 2. The SMILES string of the molecule is COC(=O)[C@H](Cc1cc(-c2ccc(OCc3ccccc3)c(C[C@H](NC(=O)OCc3ccccc3)C(=O)OCC[Si](C)(C)C)c2)ccc1Cl)N(C)C(=O)OC(C)(C)C. The lowest BCUT2D eigenvalue weighted by Gasteiger charge is -2.29. The predicted molar refractivity (Wildman–Crippen MR) is 228 cm³/mol. The van der Waals surface area contributed by atoms with Crippen LogP contribution in [0.1, 0.15) is 43.0 Å². The molecular weight excluding hydrogens is 776 g/mol. The van der Waals surface area contributed by atoms with Crippen LogP contribution in [0.15, 0.2) is 97.1 Å². The van der Waals surface area contributed by atoms with Crippen molar-refractivity contribution in [3.8, 4) is 16.9 Å². The van der Waals surface area contributed by atoms with E-state index in [0.717, 1.165) is 28.3 Å². The average Bonchev–Trinajstić information content (AvgIpc) is 3.18. The van der Waals surface area contributed by atoms with E-state index in [0.29, 0.717) is 21.9 Å². The molecule has 0 radical (unpaired) electrons. The van der Waals surface area contributed by atoms with E-state index < -0.39 is 49.9 Å². The minimum Gasteiger partial charge on any atom is -0.489 e. The number of ether oxygens (including phenoxy) is 5. The number of nitrogens with zero attached hydrogens (tertiary/aromatic N) is 1. The Labute approximate surface area is 347 Å². The van der Waals surface area contributed by atoms with Gasteiger partial charge in [-0.3, -0.25) is 4.90 Å². The summed E-state index contributed by atoms with van der Waals surface area (Å²) in [6.45, 7) is 12.3. The molecule has 4 aromatic rings. The van der Waals surface area contributed by atoms with Gasteiger partial charge in [0.25, 0.3) is 0 Å². The molecule has 0 aliphatic carbocycles. The molecule has 0 aliphatic rings. The topological polar surface area (TPSA) is 130 Å². The molecule has 0 fully saturated rings. The van der Waals surface area contributed by atoms with Gasteiger partial charge in [-0.25, -0.2) is 19.2 Å². The molecule has 0 saturated carbocycles.